The fraction of sp³-hybridized carbons (Fsp3) is 0.531. The van der Waals surface area contributed by atoms with Crippen LogP contribution in [0.5, 0.6) is 0 Å². The number of piperidine rings is 2. The van der Waals surface area contributed by atoms with Crippen LogP contribution in [0.15, 0.2) is 60.7 Å². The first-order valence-electron chi connectivity index (χ1n) is 14.6. The minimum absolute atomic E-state index is 0.0164. The molecule has 0 N–H and O–H groups in total. The number of likely N-dealkylation sites (tertiary alicyclic amines) is 2. The normalized spacial score (nSPS) is 19.8. The van der Waals surface area contributed by atoms with Gasteiger partial charge >= 0.3 is 6.09 Å². The first kappa shape index (κ1) is 28.0. The SMILES string of the molecule is CC(C)(C)OC(=O)N1CCC2(CC1)C(=O)N(CC(=O)N1CCC(Cc3ccccc3)CC1)CN2c1ccccc1. The lowest BCUT2D eigenvalue weighted by atomic mass is 9.85. The van der Waals surface area contributed by atoms with Crippen LogP contribution in [0.1, 0.15) is 52.0 Å². The number of nitrogens with zero attached hydrogens (tertiary/aromatic N) is 4. The maximum Gasteiger partial charge on any atom is 0.410 e. The maximum absolute atomic E-state index is 14.0. The first-order chi connectivity index (χ1) is 19.1. The Morgan fingerprint density at radius 1 is 0.875 bits per heavy atom. The van der Waals surface area contributed by atoms with Crippen molar-refractivity contribution in [2.24, 2.45) is 5.92 Å². The fourth-order valence-corrected chi connectivity index (χ4v) is 6.31. The molecule has 0 unspecified atom stereocenters. The Balaban J connectivity index is 1.23. The second-order valence-electron chi connectivity index (χ2n) is 12.4. The van der Waals surface area contributed by atoms with E-state index in [4.69, 9.17) is 4.74 Å². The topological polar surface area (TPSA) is 73.4 Å². The summed E-state index contributed by atoms with van der Waals surface area (Å²) in [6.45, 7) is 8.35. The summed E-state index contributed by atoms with van der Waals surface area (Å²) in [6, 6.07) is 20.5. The van der Waals surface area contributed by atoms with Gasteiger partial charge in [0.2, 0.25) is 5.91 Å². The molecule has 3 aliphatic heterocycles. The van der Waals surface area contributed by atoms with Gasteiger partial charge in [-0.2, -0.15) is 0 Å². The predicted octanol–water partition coefficient (Wildman–Crippen LogP) is 4.54. The van der Waals surface area contributed by atoms with Crippen molar-refractivity contribution in [1.82, 2.24) is 14.7 Å². The number of carbonyl (C=O) groups is 3. The van der Waals surface area contributed by atoms with Gasteiger partial charge in [-0.25, -0.2) is 4.79 Å². The molecule has 0 bridgehead atoms. The van der Waals surface area contributed by atoms with Crippen molar-refractivity contribution in [2.75, 3.05) is 44.3 Å². The Hall–Kier alpha value is -3.55. The summed E-state index contributed by atoms with van der Waals surface area (Å²) < 4.78 is 5.58. The average molecular weight is 547 g/mol. The maximum atomic E-state index is 14.0. The number of ether oxygens (including phenoxy) is 1. The molecule has 2 aromatic rings. The molecule has 214 valence electrons. The number of anilines is 1. The highest BCUT2D eigenvalue weighted by atomic mass is 16.6. The van der Waals surface area contributed by atoms with Crippen molar-refractivity contribution in [3.8, 4) is 0 Å². The number of para-hydroxylation sites is 1. The highest BCUT2D eigenvalue weighted by Crippen LogP contribution is 2.39. The molecule has 0 aliphatic carbocycles. The zero-order chi connectivity index (χ0) is 28.3. The molecule has 2 aromatic carbocycles. The van der Waals surface area contributed by atoms with Crippen LogP contribution < -0.4 is 4.90 Å². The van der Waals surface area contributed by atoms with E-state index in [1.54, 1.807) is 9.80 Å². The second-order valence-corrected chi connectivity index (χ2v) is 12.4. The van der Waals surface area contributed by atoms with Gasteiger partial charge in [0, 0.05) is 31.9 Å². The molecular formula is C32H42N4O4. The monoisotopic (exact) mass is 546 g/mol. The van der Waals surface area contributed by atoms with Crippen molar-refractivity contribution < 1.29 is 19.1 Å². The Bertz CT molecular complexity index is 1180. The molecule has 0 atom stereocenters. The van der Waals surface area contributed by atoms with Crippen LogP contribution in [-0.2, 0) is 20.7 Å². The number of carbonyl (C=O) groups excluding carboxylic acids is 3. The van der Waals surface area contributed by atoms with E-state index < -0.39 is 11.1 Å². The van der Waals surface area contributed by atoms with Gasteiger partial charge in [0.25, 0.3) is 5.91 Å². The molecule has 40 heavy (non-hydrogen) atoms. The van der Waals surface area contributed by atoms with Crippen molar-refractivity contribution in [3.05, 3.63) is 66.2 Å². The van der Waals surface area contributed by atoms with Gasteiger partial charge in [0.1, 0.15) is 17.7 Å². The van der Waals surface area contributed by atoms with Gasteiger partial charge in [-0.05, 0) is 76.5 Å². The Labute approximate surface area is 237 Å². The van der Waals surface area contributed by atoms with Crippen LogP contribution in [0.25, 0.3) is 0 Å². The van der Waals surface area contributed by atoms with Crippen LogP contribution in [0.2, 0.25) is 0 Å². The van der Waals surface area contributed by atoms with Gasteiger partial charge in [-0.3, -0.25) is 9.59 Å². The summed E-state index contributed by atoms with van der Waals surface area (Å²) >= 11 is 0. The van der Waals surface area contributed by atoms with Gasteiger partial charge in [0.15, 0.2) is 0 Å². The summed E-state index contributed by atoms with van der Waals surface area (Å²) in [7, 11) is 0. The number of hydrogen-bond donors (Lipinski definition) is 0. The van der Waals surface area contributed by atoms with Crippen molar-refractivity contribution in [2.45, 2.75) is 64.0 Å². The third-order valence-corrected chi connectivity index (χ3v) is 8.48. The third kappa shape index (κ3) is 6.11. The number of rotatable bonds is 5. The number of amides is 3. The summed E-state index contributed by atoms with van der Waals surface area (Å²) in [5, 5.41) is 0. The Kier molecular flexibility index (Phi) is 8.06. The van der Waals surface area contributed by atoms with Crippen molar-refractivity contribution in [1.29, 1.82) is 0 Å². The van der Waals surface area contributed by atoms with E-state index in [-0.39, 0.29) is 24.5 Å². The van der Waals surface area contributed by atoms with Gasteiger partial charge in [-0.15, -0.1) is 0 Å². The molecule has 3 heterocycles. The van der Waals surface area contributed by atoms with Gasteiger partial charge in [-0.1, -0.05) is 48.5 Å². The molecule has 3 amide bonds. The van der Waals surface area contributed by atoms with E-state index in [9.17, 15) is 14.4 Å². The summed E-state index contributed by atoms with van der Waals surface area (Å²) in [6.07, 6.45) is 3.65. The van der Waals surface area contributed by atoms with E-state index in [0.29, 0.717) is 38.5 Å². The highest BCUT2D eigenvalue weighted by Gasteiger charge is 2.54. The van der Waals surface area contributed by atoms with E-state index in [0.717, 1.165) is 38.0 Å². The lowest BCUT2D eigenvalue weighted by molar-refractivity contribution is -0.141. The molecule has 0 saturated carbocycles. The van der Waals surface area contributed by atoms with Crippen LogP contribution in [0, 0.1) is 5.92 Å². The predicted molar refractivity (Wildman–Crippen MR) is 155 cm³/mol. The van der Waals surface area contributed by atoms with Gasteiger partial charge in [0.05, 0.1) is 6.67 Å². The Morgan fingerprint density at radius 2 is 1.48 bits per heavy atom. The molecule has 0 aromatic heterocycles. The number of hydrogen-bond acceptors (Lipinski definition) is 5. The van der Waals surface area contributed by atoms with Crippen LogP contribution >= 0.6 is 0 Å². The van der Waals surface area contributed by atoms with E-state index in [1.165, 1.54) is 5.56 Å². The van der Waals surface area contributed by atoms with E-state index in [1.807, 2.05) is 62.1 Å². The Morgan fingerprint density at radius 3 is 2.08 bits per heavy atom. The number of benzene rings is 2. The lowest BCUT2D eigenvalue weighted by Crippen LogP contribution is -2.58. The molecule has 8 nitrogen and oxygen atoms in total. The summed E-state index contributed by atoms with van der Waals surface area (Å²) in [5.74, 6) is 0.571. The zero-order valence-electron chi connectivity index (χ0n) is 24.1. The quantitative estimate of drug-likeness (QED) is 0.551. The highest BCUT2D eigenvalue weighted by molar-refractivity contribution is 5.96. The molecule has 8 heteroatoms. The minimum Gasteiger partial charge on any atom is -0.444 e. The molecule has 3 aliphatic rings. The fourth-order valence-electron chi connectivity index (χ4n) is 6.31. The van der Waals surface area contributed by atoms with Crippen molar-refractivity contribution >= 4 is 23.6 Å². The smallest absolute Gasteiger partial charge is 0.410 e. The van der Waals surface area contributed by atoms with E-state index >= 15 is 0 Å². The largest absolute Gasteiger partial charge is 0.444 e. The molecule has 5 rings (SSSR count). The zero-order valence-corrected chi connectivity index (χ0v) is 24.1. The second kappa shape index (κ2) is 11.5. The van der Waals surface area contributed by atoms with Crippen LogP contribution in [0.3, 0.4) is 0 Å². The molecule has 0 radical (unpaired) electrons. The lowest BCUT2D eigenvalue weighted by Gasteiger charge is -2.43. The van der Waals surface area contributed by atoms with E-state index in [2.05, 4.69) is 29.2 Å². The minimum atomic E-state index is -0.775. The molecule has 3 saturated heterocycles. The van der Waals surface area contributed by atoms with Gasteiger partial charge < -0.3 is 24.3 Å². The van der Waals surface area contributed by atoms with Crippen LogP contribution in [0.4, 0.5) is 10.5 Å². The third-order valence-electron chi connectivity index (χ3n) is 8.48. The standard InChI is InChI=1S/C32H42N4O4/c1-31(2,3)40-30(39)34-20-16-32(17-21-34)29(38)35(24-36(32)27-12-8-5-9-13-27)23-28(37)33-18-14-26(15-19-33)22-25-10-6-4-7-11-25/h4-13,26H,14-24H2,1-3H3. The average Bonchev–Trinajstić information content (AvgIpc) is 3.20. The molecular weight excluding hydrogens is 504 g/mol. The van der Waals surface area contributed by atoms with Crippen molar-refractivity contribution in [3.63, 3.8) is 0 Å². The molecule has 1 spiro atoms. The summed E-state index contributed by atoms with van der Waals surface area (Å²) in [4.78, 5) is 47.6. The van der Waals surface area contributed by atoms with Crippen LogP contribution in [-0.4, -0.2) is 83.1 Å². The summed E-state index contributed by atoms with van der Waals surface area (Å²) in [5.41, 5.74) is 0.957. The molecule has 3 fully saturated rings. The first-order valence-corrected chi connectivity index (χ1v) is 14.6.